The molecule has 4 nitrogen and oxygen atoms in total. The maximum atomic E-state index is 4.30. The summed E-state index contributed by atoms with van der Waals surface area (Å²) < 4.78 is 1.16. The van der Waals surface area contributed by atoms with Gasteiger partial charge in [0.15, 0.2) is 0 Å². The minimum absolute atomic E-state index is 0.810. The molecule has 0 aliphatic rings. The average Bonchev–Trinajstić information content (AvgIpc) is 2.41. The van der Waals surface area contributed by atoms with Crippen molar-refractivity contribution in [2.24, 2.45) is 0 Å². The molecule has 0 fully saturated rings. The van der Waals surface area contributed by atoms with Crippen molar-refractivity contribution in [3.05, 3.63) is 52.6 Å². The van der Waals surface area contributed by atoms with Crippen LogP contribution < -0.4 is 5.32 Å². The highest BCUT2D eigenvalue weighted by atomic mass is 127. The van der Waals surface area contributed by atoms with Crippen molar-refractivity contribution in [3.8, 4) is 0 Å². The maximum absolute atomic E-state index is 4.30. The van der Waals surface area contributed by atoms with Crippen molar-refractivity contribution in [3.63, 3.8) is 0 Å². The van der Waals surface area contributed by atoms with Crippen LogP contribution in [0.2, 0.25) is 0 Å². The number of fused-ring (bicyclic) bond motifs is 1. The second-order valence-corrected chi connectivity index (χ2v) is 4.99. The summed E-state index contributed by atoms with van der Waals surface area (Å²) in [4.78, 5) is 12.5. The van der Waals surface area contributed by atoms with Gasteiger partial charge >= 0.3 is 0 Å². The molecule has 2 heterocycles. The predicted octanol–water partition coefficient (Wildman–Crippen LogP) is 3.37. The van der Waals surface area contributed by atoms with E-state index in [-0.39, 0.29) is 0 Å². The van der Waals surface area contributed by atoms with Gasteiger partial charge in [0, 0.05) is 27.0 Å². The summed E-state index contributed by atoms with van der Waals surface area (Å²) in [5.41, 5.74) is 1.89. The largest absolute Gasteiger partial charge is 0.340 e. The number of pyridine rings is 1. The Morgan fingerprint density at radius 2 is 1.83 bits per heavy atom. The van der Waals surface area contributed by atoms with Crippen molar-refractivity contribution in [2.75, 3.05) is 5.32 Å². The Hall–Kier alpha value is -1.76. The predicted molar refractivity (Wildman–Crippen MR) is 79.8 cm³/mol. The zero-order chi connectivity index (χ0) is 12.4. The van der Waals surface area contributed by atoms with Crippen LogP contribution in [0.4, 0.5) is 11.5 Å². The first kappa shape index (κ1) is 11.3. The van der Waals surface area contributed by atoms with Crippen LogP contribution in [0.3, 0.4) is 0 Å². The smallest absolute Gasteiger partial charge is 0.141 e. The number of hydrogen-bond donors (Lipinski definition) is 1. The minimum atomic E-state index is 0.810. The van der Waals surface area contributed by atoms with Gasteiger partial charge in [-0.1, -0.05) is 0 Å². The molecular formula is C13H9IN4. The van der Waals surface area contributed by atoms with Gasteiger partial charge in [-0.25, -0.2) is 9.97 Å². The lowest BCUT2D eigenvalue weighted by atomic mass is 10.2. The zero-order valence-electron chi connectivity index (χ0n) is 9.34. The van der Waals surface area contributed by atoms with E-state index in [2.05, 4.69) is 48.9 Å². The lowest BCUT2D eigenvalue weighted by Crippen LogP contribution is -1.96. The lowest BCUT2D eigenvalue weighted by Gasteiger charge is -2.08. The fourth-order valence-corrected chi connectivity index (χ4v) is 2.19. The third kappa shape index (κ3) is 2.26. The van der Waals surface area contributed by atoms with E-state index in [4.69, 9.17) is 0 Å². The fourth-order valence-electron chi connectivity index (χ4n) is 1.70. The molecule has 0 saturated carbocycles. The van der Waals surface area contributed by atoms with Crippen LogP contribution >= 0.6 is 22.6 Å². The summed E-state index contributed by atoms with van der Waals surface area (Å²) in [6.45, 7) is 0. The number of nitrogens with zero attached hydrogens (tertiary/aromatic N) is 3. The van der Waals surface area contributed by atoms with E-state index in [1.54, 1.807) is 18.7 Å². The van der Waals surface area contributed by atoms with Gasteiger partial charge in [0.05, 0.1) is 5.52 Å². The van der Waals surface area contributed by atoms with Crippen molar-refractivity contribution >= 4 is 45.0 Å². The summed E-state index contributed by atoms with van der Waals surface area (Å²) in [7, 11) is 0. The van der Waals surface area contributed by atoms with E-state index >= 15 is 0 Å². The second kappa shape index (κ2) is 4.85. The molecule has 3 aromatic rings. The van der Waals surface area contributed by atoms with Crippen LogP contribution in [0, 0.1) is 3.57 Å². The molecule has 0 aliphatic carbocycles. The molecule has 0 saturated heterocycles. The Bertz CT molecular complexity index is 685. The normalized spacial score (nSPS) is 10.5. The van der Waals surface area contributed by atoms with Crippen LogP contribution in [0.1, 0.15) is 0 Å². The standard InChI is InChI=1S/C13H9IN4/c14-9-1-2-12-11(7-9)13(17-8-16-12)18-10-3-5-15-6-4-10/h1-8H,(H,15,16,17,18). The van der Waals surface area contributed by atoms with Crippen LogP contribution in [-0.4, -0.2) is 15.0 Å². The first-order chi connectivity index (χ1) is 8.83. The average molecular weight is 348 g/mol. The van der Waals surface area contributed by atoms with Gasteiger partial charge in [-0.2, -0.15) is 0 Å². The van der Waals surface area contributed by atoms with E-state index in [9.17, 15) is 0 Å². The lowest BCUT2D eigenvalue weighted by molar-refractivity contribution is 1.21. The molecule has 0 spiro atoms. The minimum Gasteiger partial charge on any atom is -0.340 e. The summed E-state index contributed by atoms with van der Waals surface area (Å²) in [6, 6.07) is 9.91. The Kier molecular flexibility index (Phi) is 3.06. The summed E-state index contributed by atoms with van der Waals surface area (Å²) in [6.07, 6.45) is 5.06. The highest BCUT2D eigenvalue weighted by Crippen LogP contribution is 2.24. The van der Waals surface area contributed by atoms with Crippen molar-refractivity contribution in [2.45, 2.75) is 0 Å². The Morgan fingerprint density at radius 3 is 2.67 bits per heavy atom. The van der Waals surface area contributed by atoms with Gasteiger partial charge in [0.2, 0.25) is 0 Å². The first-order valence-corrected chi connectivity index (χ1v) is 6.48. The topological polar surface area (TPSA) is 50.7 Å². The van der Waals surface area contributed by atoms with Crippen molar-refractivity contribution < 1.29 is 0 Å². The second-order valence-electron chi connectivity index (χ2n) is 3.74. The highest BCUT2D eigenvalue weighted by molar-refractivity contribution is 14.1. The number of halogens is 1. The molecule has 0 atom stereocenters. The molecule has 5 heteroatoms. The van der Waals surface area contributed by atoms with Gasteiger partial charge in [0.1, 0.15) is 12.1 Å². The third-order valence-corrected chi connectivity index (χ3v) is 3.21. The van der Waals surface area contributed by atoms with Gasteiger partial charge in [0.25, 0.3) is 0 Å². The van der Waals surface area contributed by atoms with Gasteiger partial charge in [-0.15, -0.1) is 0 Å². The Balaban J connectivity index is 2.09. The van der Waals surface area contributed by atoms with Gasteiger partial charge < -0.3 is 5.32 Å². The third-order valence-electron chi connectivity index (χ3n) is 2.54. The molecule has 2 aromatic heterocycles. The van der Waals surface area contributed by atoms with E-state index in [0.29, 0.717) is 0 Å². The van der Waals surface area contributed by atoms with Gasteiger partial charge in [-0.3, -0.25) is 4.98 Å². The molecule has 1 N–H and O–H groups in total. The summed E-state index contributed by atoms with van der Waals surface area (Å²) in [5.74, 6) is 0.810. The number of nitrogens with one attached hydrogen (secondary N) is 1. The first-order valence-electron chi connectivity index (χ1n) is 5.40. The maximum Gasteiger partial charge on any atom is 0.141 e. The zero-order valence-corrected chi connectivity index (χ0v) is 11.5. The molecule has 0 radical (unpaired) electrons. The molecule has 1 aromatic carbocycles. The number of hydrogen-bond acceptors (Lipinski definition) is 4. The molecule has 18 heavy (non-hydrogen) atoms. The van der Waals surface area contributed by atoms with E-state index in [1.165, 1.54) is 0 Å². The fraction of sp³-hybridized carbons (Fsp3) is 0. The molecule has 0 amide bonds. The molecule has 0 unspecified atom stereocenters. The molecule has 3 rings (SSSR count). The number of anilines is 2. The molecule has 88 valence electrons. The van der Waals surface area contributed by atoms with Crippen molar-refractivity contribution in [1.82, 2.24) is 15.0 Å². The van der Waals surface area contributed by atoms with E-state index in [0.717, 1.165) is 26.0 Å². The SMILES string of the molecule is Ic1ccc2ncnc(Nc3ccncc3)c2c1. The van der Waals surface area contributed by atoms with Crippen LogP contribution in [-0.2, 0) is 0 Å². The monoisotopic (exact) mass is 348 g/mol. The molecule has 0 bridgehead atoms. The van der Waals surface area contributed by atoms with Crippen LogP contribution in [0.5, 0.6) is 0 Å². The highest BCUT2D eigenvalue weighted by Gasteiger charge is 2.04. The van der Waals surface area contributed by atoms with E-state index < -0.39 is 0 Å². The van der Waals surface area contributed by atoms with Crippen molar-refractivity contribution in [1.29, 1.82) is 0 Å². The Morgan fingerprint density at radius 1 is 1.00 bits per heavy atom. The number of benzene rings is 1. The molecular weight excluding hydrogens is 339 g/mol. The van der Waals surface area contributed by atoms with Gasteiger partial charge in [-0.05, 0) is 52.9 Å². The van der Waals surface area contributed by atoms with Crippen LogP contribution in [0.15, 0.2) is 49.1 Å². The number of aromatic nitrogens is 3. The summed E-state index contributed by atoms with van der Waals surface area (Å²) in [5, 5.41) is 4.29. The summed E-state index contributed by atoms with van der Waals surface area (Å²) >= 11 is 2.28. The quantitative estimate of drug-likeness (QED) is 0.722. The number of rotatable bonds is 2. The van der Waals surface area contributed by atoms with E-state index in [1.807, 2.05) is 24.3 Å². The Labute approximate surface area is 118 Å². The van der Waals surface area contributed by atoms with Crippen LogP contribution in [0.25, 0.3) is 10.9 Å². The molecule has 0 aliphatic heterocycles.